The normalized spacial score (nSPS) is 10.6. The molecule has 0 spiro atoms. The van der Waals surface area contributed by atoms with Crippen molar-refractivity contribution in [1.82, 2.24) is 0 Å². The molecule has 0 saturated carbocycles. The molecule has 0 aromatic heterocycles. The number of hydrogen-bond donors (Lipinski definition) is 0. The molecular weight excluding hydrogens is 264 g/mol. The predicted molar refractivity (Wildman–Crippen MR) is 82.0 cm³/mol. The zero-order valence-electron chi connectivity index (χ0n) is 12.0. The molecule has 0 aliphatic carbocycles. The molecule has 0 heterocycles. The van der Waals surface area contributed by atoms with Gasteiger partial charge in [-0.2, -0.15) is 0 Å². The Morgan fingerprint density at radius 3 is 1.67 bits per heavy atom. The van der Waals surface area contributed by atoms with Crippen LogP contribution in [0.5, 0.6) is 5.75 Å². The van der Waals surface area contributed by atoms with Crippen molar-refractivity contribution < 1.29 is 14.3 Å². The first-order chi connectivity index (χ1) is 10.1. The number of methoxy groups -OCH3 is 1. The van der Waals surface area contributed by atoms with Crippen LogP contribution in [0.2, 0.25) is 0 Å². The van der Waals surface area contributed by atoms with E-state index in [0.717, 1.165) is 5.56 Å². The lowest BCUT2D eigenvalue weighted by atomic mass is 10.1. The molecule has 2 aromatic carbocycles. The van der Waals surface area contributed by atoms with E-state index in [2.05, 4.69) is 0 Å². The van der Waals surface area contributed by atoms with E-state index in [-0.39, 0.29) is 11.6 Å². The highest BCUT2D eigenvalue weighted by molar-refractivity contribution is 6.11. The first-order valence-electron chi connectivity index (χ1n) is 6.57. The van der Waals surface area contributed by atoms with E-state index in [4.69, 9.17) is 4.74 Å². The summed E-state index contributed by atoms with van der Waals surface area (Å²) < 4.78 is 5.03. The van der Waals surface area contributed by atoms with Gasteiger partial charge in [-0.05, 0) is 43.3 Å². The third kappa shape index (κ3) is 3.89. The van der Waals surface area contributed by atoms with Crippen molar-refractivity contribution in [2.24, 2.45) is 0 Å². The van der Waals surface area contributed by atoms with E-state index in [0.29, 0.717) is 16.9 Å². The first kappa shape index (κ1) is 14.7. The van der Waals surface area contributed by atoms with Gasteiger partial charge in [0.1, 0.15) is 5.75 Å². The minimum Gasteiger partial charge on any atom is -0.497 e. The summed E-state index contributed by atoms with van der Waals surface area (Å²) in [7, 11) is 1.57. The van der Waals surface area contributed by atoms with Gasteiger partial charge in [0.2, 0.25) is 0 Å². The molecule has 2 rings (SSSR count). The van der Waals surface area contributed by atoms with Gasteiger partial charge in [-0.15, -0.1) is 0 Å². The van der Waals surface area contributed by atoms with Crippen molar-refractivity contribution in [2.45, 2.75) is 6.92 Å². The minimum absolute atomic E-state index is 0.183. The fourth-order valence-electron chi connectivity index (χ4n) is 1.82. The average molecular weight is 280 g/mol. The van der Waals surface area contributed by atoms with E-state index in [1.54, 1.807) is 43.5 Å². The number of benzene rings is 2. The molecule has 0 aliphatic heterocycles. The Balaban J connectivity index is 2.07. The smallest absolute Gasteiger partial charge is 0.185 e. The SMILES string of the molecule is COc1ccc(C(=O)/C=C/C(=O)c2ccc(C)cc2)cc1. The summed E-state index contributed by atoms with van der Waals surface area (Å²) in [6.07, 6.45) is 2.60. The zero-order chi connectivity index (χ0) is 15.2. The van der Waals surface area contributed by atoms with Crippen LogP contribution in [-0.4, -0.2) is 18.7 Å². The van der Waals surface area contributed by atoms with Crippen molar-refractivity contribution >= 4 is 11.6 Å². The van der Waals surface area contributed by atoms with Crippen molar-refractivity contribution in [3.05, 3.63) is 77.4 Å². The van der Waals surface area contributed by atoms with E-state index >= 15 is 0 Å². The average Bonchev–Trinajstić information content (AvgIpc) is 2.53. The van der Waals surface area contributed by atoms with Gasteiger partial charge in [0.15, 0.2) is 11.6 Å². The second-order valence-electron chi connectivity index (χ2n) is 4.66. The molecule has 0 amide bonds. The maximum absolute atomic E-state index is 12.0. The lowest BCUT2D eigenvalue weighted by Gasteiger charge is -2.00. The first-order valence-corrected chi connectivity index (χ1v) is 6.57. The lowest BCUT2D eigenvalue weighted by Crippen LogP contribution is -1.98. The fourth-order valence-corrected chi connectivity index (χ4v) is 1.82. The van der Waals surface area contributed by atoms with Gasteiger partial charge in [-0.1, -0.05) is 29.8 Å². The number of carbonyl (C=O) groups is 2. The number of hydrogen-bond acceptors (Lipinski definition) is 3. The molecule has 0 N–H and O–H groups in total. The quantitative estimate of drug-likeness (QED) is 0.620. The Bertz CT molecular complexity index is 665. The van der Waals surface area contributed by atoms with Gasteiger partial charge in [0, 0.05) is 11.1 Å². The zero-order valence-corrected chi connectivity index (χ0v) is 12.0. The predicted octanol–water partition coefficient (Wildman–Crippen LogP) is 3.63. The van der Waals surface area contributed by atoms with Crippen LogP contribution in [0.15, 0.2) is 60.7 Å². The van der Waals surface area contributed by atoms with E-state index < -0.39 is 0 Å². The second kappa shape index (κ2) is 6.66. The summed E-state index contributed by atoms with van der Waals surface area (Å²) in [5, 5.41) is 0. The molecule has 0 radical (unpaired) electrons. The van der Waals surface area contributed by atoms with Gasteiger partial charge < -0.3 is 4.74 Å². The van der Waals surface area contributed by atoms with Crippen LogP contribution in [0.3, 0.4) is 0 Å². The van der Waals surface area contributed by atoms with Gasteiger partial charge in [0.25, 0.3) is 0 Å². The molecule has 0 bridgehead atoms. The van der Waals surface area contributed by atoms with Gasteiger partial charge in [-0.25, -0.2) is 0 Å². The number of rotatable bonds is 5. The van der Waals surface area contributed by atoms with Gasteiger partial charge in [0.05, 0.1) is 7.11 Å². The molecule has 0 saturated heterocycles. The topological polar surface area (TPSA) is 43.4 Å². The monoisotopic (exact) mass is 280 g/mol. The minimum atomic E-state index is -0.210. The lowest BCUT2D eigenvalue weighted by molar-refractivity contribution is 0.102. The summed E-state index contributed by atoms with van der Waals surface area (Å²) >= 11 is 0. The van der Waals surface area contributed by atoms with Crippen LogP contribution in [0.25, 0.3) is 0 Å². The maximum atomic E-state index is 12.0. The van der Waals surface area contributed by atoms with Crippen molar-refractivity contribution in [3.63, 3.8) is 0 Å². The molecule has 0 aliphatic rings. The Kier molecular flexibility index (Phi) is 4.67. The molecule has 2 aromatic rings. The fraction of sp³-hybridized carbons (Fsp3) is 0.111. The molecule has 3 heteroatoms. The largest absolute Gasteiger partial charge is 0.497 e. The molecule has 21 heavy (non-hydrogen) atoms. The standard InChI is InChI=1S/C18H16O3/c1-13-3-5-14(6-4-13)17(19)11-12-18(20)15-7-9-16(21-2)10-8-15/h3-12H,1-2H3/b12-11+. The second-order valence-corrected chi connectivity index (χ2v) is 4.66. The summed E-state index contributed by atoms with van der Waals surface area (Å²) in [5.41, 5.74) is 2.17. The van der Waals surface area contributed by atoms with Crippen molar-refractivity contribution in [3.8, 4) is 5.75 Å². The van der Waals surface area contributed by atoms with Crippen molar-refractivity contribution in [2.75, 3.05) is 7.11 Å². The molecule has 0 atom stereocenters. The third-order valence-corrected chi connectivity index (χ3v) is 3.10. The summed E-state index contributed by atoms with van der Waals surface area (Å²) in [4.78, 5) is 23.9. The van der Waals surface area contributed by atoms with Crippen molar-refractivity contribution in [1.29, 1.82) is 0 Å². The van der Waals surface area contributed by atoms with E-state index in [1.165, 1.54) is 12.2 Å². The van der Waals surface area contributed by atoms with Crippen LogP contribution in [0.1, 0.15) is 26.3 Å². The maximum Gasteiger partial charge on any atom is 0.185 e. The number of carbonyl (C=O) groups excluding carboxylic acids is 2. The van der Waals surface area contributed by atoms with Crippen LogP contribution >= 0.6 is 0 Å². The molecule has 106 valence electrons. The number of ketones is 2. The summed E-state index contributed by atoms with van der Waals surface area (Å²) in [6, 6.07) is 14.0. The number of ether oxygens (including phenoxy) is 1. The molecule has 3 nitrogen and oxygen atoms in total. The number of aryl methyl sites for hydroxylation is 1. The van der Waals surface area contributed by atoms with E-state index in [9.17, 15) is 9.59 Å². The highest BCUT2D eigenvalue weighted by atomic mass is 16.5. The van der Waals surface area contributed by atoms with Crippen LogP contribution in [0, 0.1) is 6.92 Å². The molecule has 0 fully saturated rings. The highest BCUT2D eigenvalue weighted by Crippen LogP contribution is 2.12. The van der Waals surface area contributed by atoms with Crippen LogP contribution in [0.4, 0.5) is 0 Å². The molecule has 0 unspecified atom stereocenters. The Morgan fingerprint density at radius 1 is 0.810 bits per heavy atom. The summed E-state index contributed by atoms with van der Waals surface area (Å²) in [6.45, 7) is 1.96. The van der Waals surface area contributed by atoms with E-state index in [1.807, 2.05) is 19.1 Å². The number of allylic oxidation sites excluding steroid dienone is 2. The van der Waals surface area contributed by atoms with Crippen LogP contribution in [-0.2, 0) is 0 Å². The van der Waals surface area contributed by atoms with Crippen LogP contribution < -0.4 is 4.74 Å². The third-order valence-electron chi connectivity index (χ3n) is 3.10. The highest BCUT2D eigenvalue weighted by Gasteiger charge is 2.05. The Labute approximate surface area is 123 Å². The Hall–Kier alpha value is -2.68. The Morgan fingerprint density at radius 2 is 1.24 bits per heavy atom. The van der Waals surface area contributed by atoms with Gasteiger partial charge in [-0.3, -0.25) is 9.59 Å². The molecular formula is C18H16O3. The summed E-state index contributed by atoms with van der Waals surface area (Å²) in [5.74, 6) is 0.293. The van der Waals surface area contributed by atoms with Gasteiger partial charge >= 0.3 is 0 Å².